The molecule has 0 bridgehead atoms. The van der Waals surface area contributed by atoms with Crippen molar-refractivity contribution in [2.45, 2.75) is 44.9 Å². The van der Waals surface area contributed by atoms with Crippen molar-refractivity contribution < 1.29 is 38.1 Å². The molecule has 272 valence electrons. The first kappa shape index (κ1) is 37.9. The number of carbonyl (C=O) groups is 4. The summed E-state index contributed by atoms with van der Waals surface area (Å²) < 4.78 is 22.2. The van der Waals surface area contributed by atoms with Crippen LogP contribution in [0.4, 0.5) is 0 Å². The fourth-order valence-electron chi connectivity index (χ4n) is 5.76. The molecule has 0 saturated carbocycles. The van der Waals surface area contributed by atoms with Gasteiger partial charge in [-0.3, -0.25) is 29.0 Å². The topological polar surface area (TPSA) is 124 Å². The smallest absolute Gasteiger partial charge is 0.323 e. The number of nitrogens with one attached hydrogen (secondary N) is 1. The molecule has 1 aliphatic rings. The van der Waals surface area contributed by atoms with Crippen molar-refractivity contribution in [2.24, 2.45) is 0 Å². The summed E-state index contributed by atoms with van der Waals surface area (Å²) in [6, 6.07) is 36.7. The largest absolute Gasteiger partial charge is 0.460 e. The van der Waals surface area contributed by atoms with Gasteiger partial charge in [0.2, 0.25) is 0 Å². The molecule has 4 aromatic carbocycles. The minimum absolute atomic E-state index is 0.0598. The first-order valence-electron chi connectivity index (χ1n) is 17.4. The Kier molecular flexibility index (Phi) is 14.9. The zero-order chi connectivity index (χ0) is 36.4. The van der Waals surface area contributed by atoms with Crippen molar-refractivity contribution >= 4 is 23.9 Å². The molecule has 0 unspecified atom stereocenters. The first-order chi connectivity index (χ1) is 25.4. The van der Waals surface area contributed by atoms with Crippen LogP contribution in [-0.4, -0.2) is 85.0 Å². The quantitative estimate of drug-likeness (QED) is 0.111. The summed E-state index contributed by atoms with van der Waals surface area (Å²) in [5.41, 5.74) is 3.43. The maximum Gasteiger partial charge on any atom is 0.323 e. The molecule has 0 spiro atoms. The number of rotatable bonds is 19. The summed E-state index contributed by atoms with van der Waals surface area (Å²) in [5.74, 6) is -1.81. The Morgan fingerprint density at radius 1 is 0.519 bits per heavy atom. The second-order valence-electron chi connectivity index (χ2n) is 12.6. The highest BCUT2D eigenvalue weighted by Gasteiger charge is 2.35. The van der Waals surface area contributed by atoms with Gasteiger partial charge in [-0.25, -0.2) is 0 Å². The highest BCUT2D eigenvalue weighted by atomic mass is 16.5. The Morgan fingerprint density at radius 2 is 0.904 bits per heavy atom. The van der Waals surface area contributed by atoms with Gasteiger partial charge in [0.25, 0.3) is 0 Å². The van der Waals surface area contributed by atoms with Crippen LogP contribution in [-0.2, 0) is 64.6 Å². The lowest BCUT2D eigenvalue weighted by molar-refractivity contribution is -0.151. The van der Waals surface area contributed by atoms with Gasteiger partial charge in [-0.1, -0.05) is 121 Å². The van der Waals surface area contributed by atoms with E-state index in [-0.39, 0.29) is 71.2 Å². The molecular weight excluding hydrogens is 662 g/mol. The molecule has 1 heterocycles. The second kappa shape index (κ2) is 20.5. The number of hydrogen-bond donors (Lipinski definition) is 1. The zero-order valence-electron chi connectivity index (χ0n) is 29.1. The van der Waals surface area contributed by atoms with Crippen LogP contribution in [0.5, 0.6) is 0 Å². The summed E-state index contributed by atoms with van der Waals surface area (Å²) in [5, 5.41) is 3.24. The maximum absolute atomic E-state index is 13.2. The standard InChI is InChI=1S/C41H45N3O8/c45-38(49-28-32-13-5-1-6-14-32)25-43(26-39(46)50-29-33-15-7-2-8-16-33)21-22-44(27-40(47)51-30-34-17-9-3-10-18-34)36-23-37(42-24-36)41(48)52-31-35-19-11-4-12-20-35/h1-20,36-37,42H,21-31H2/t36-,37-/m0/s1. The highest BCUT2D eigenvalue weighted by Crippen LogP contribution is 2.17. The molecule has 4 aromatic rings. The molecule has 0 aliphatic carbocycles. The van der Waals surface area contributed by atoms with E-state index in [2.05, 4.69) is 5.32 Å². The molecule has 1 saturated heterocycles. The molecule has 0 aromatic heterocycles. The van der Waals surface area contributed by atoms with Crippen LogP contribution in [0.3, 0.4) is 0 Å². The summed E-state index contributed by atoms with van der Waals surface area (Å²) in [7, 11) is 0. The molecule has 11 heteroatoms. The molecule has 11 nitrogen and oxygen atoms in total. The van der Waals surface area contributed by atoms with E-state index >= 15 is 0 Å². The van der Waals surface area contributed by atoms with Crippen molar-refractivity contribution in [2.75, 3.05) is 39.3 Å². The Balaban J connectivity index is 1.23. The van der Waals surface area contributed by atoms with Gasteiger partial charge in [0.05, 0.1) is 19.6 Å². The Labute approximate surface area is 304 Å². The number of benzene rings is 4. The van der Waals surface area contributed by atoms with Crippen LogP contribution < -0.4 is 5.32 Å². The van der Waals surface area contributed by atoms with E-state index in [1.54, 1.807) is 4.90 Å². The van der Waals surface area contributed by atoms with Gasteiger partial charge in [-0.2, -0.15) is 0 Å². The lowest BCUT2D eigenvalue weighted by Crippen LogP contribution is -2.47. The number of esters is 4. The average molecular weight is 708 g/mol. The van der Waals surface area contributed by atoms with Crippen molar-refractivity contribution in [3.63, 3.8) is 0 Å². The summed E-state index contributed by atoms with van der Waals surface area (Å²) in [4.78, 5) is 55.7. The number of carbonyl (C=O) groups excluding carboxylic acids is 4. The van der Waals surface area contributed by atoms with E-state index in [0.717, 1.165) is 22.3 Å². The van der Waals surface area contributed by atoms with E-state index < -0.39 is 23.9 Å². The van der Waals surface area contributed by atoms with E-state index in [1.807, 2.05) is 126 Å². The van der Waals surface area contributed by atoms with Crippen LogP contribution in [0, 0.1) is 0 Å². The molecule has 0 radical (unpaired) electrons. The van der Waals surface area contributed by atoms with Gasteiger partial charge in [-0.15, -0.1) is 0 Å². The predicted octanol–water partition coefficient (Wildman–Crippen LogP) is 4.29. The molecule has 5 rings (SSSR count). The van der Waals surface area contributed by atoms with Crippen LogP contribution in [0.15, 0.2) is 121 Å². The zero-order valence-corrected chi connectivity index (χ0v) is 29.1. The van der Waals surface area contributed by atoms with Crippen LogP contribution in [0.2, 0.25) is 0 Å². The SMILES string of the molecule is O=C(CN(CCN(CC(=O)OCc1ccccc1)[C@@H]1CN[C@H](C(=O)OCc2ccccc2)C1)CC(=O)OCc1ccccc1)OCc1ccccc1. The van der Waals surface area contributed by atoms with Crippen molar-refractivity contribution in [1.29, 1.82) is 0 Å². The number of ether oxygens (including phenoxy) is 4. The predicted molar refractivity (Wildman–Crippen MR) is 193 cm³/mol. The first-order valence-corrected chi connectivity index (χ1v) is 17.4. The van der Waals surface area contributed by atoms with Gasteiger partial charge in [0.1, 0.15) is 32.5 Å². The Bertz CT molecular complexity index is 1640. The van der Waals surface area contributed by atoms with Crippen LogP contribution in [0.1, 0.15) is 28.7 Å². The Morgan fingerprint density at radius 3 is 1.33 bits per heavy atom. The Hall–Kier alpha value is -5.36. The lowest BCUT2D eigenvalue weighted by Gasteiger charge is -2.30. The van der Waals surface area contributed by atoms with Gasteiger partial charge in [0, 0.05) is 25.7 Å². The molecule has 1 fully saturated rings. The third kappa shape index (κ3) is 13.1. The third-order valence-corrected chi connectivity index (χ3v) is 8.60. The summed E-state index contributed by atoms with van der Waals surface area (Å²) >= 11 is 0. The molecule has 0 amide bonds. The number of hydrogen-bond acceptors (Lipinski definition) is 11. The minimum atomic E-state index is -0.561. The third-order valence-electron chi connectivity index (χ3n) is 8.60. The second-order valence-corrected chi connectivity index (χ2v) is 12.6. The minimum Gasteiger partial charge on any atom is -0.460 e. The van der Waals surface area contributed by atoms with Crippen LogP contribution in [0.25, 0.3) is 0 Å². The molecule has 1 N–H and O–H groups in total. The van der Waals surface area contributed by atoms with E-state index in [1.165, 1.54) is 0 Å². The fraction of sp³-hybridized carbons (Fsp3) is 0.317. The van der Waals surface area contributed by atoms with E-state index in [9.17, 15) is 19.2 Å². The van der Waals surface area contributed by atoms with Gasteiger partial charge in [-0.05, 0) is 28.7 Å². The van der Waals surface area contributed by atoms with Crippen LogP contribution >= 0.6 is 0 Å². The van der Waals surface area contributed by atoms with E-state index in [0.29, 0.717) is 13.0 Å². The van der Waals surface area contributed by atoms with Crippen molar-refractivity contribution in [3.8, 4) is 0 Å². The summed E-state index contributed by atoms with van der Waals surface area (Å²) in [6.07, 6.45) is 0.401. The van der Waals surface area contributed by atoms with Gasteiger partial charge in [0.15, 0.2) is 0 Å². The average Bonchev–Trinajstić information content (AvgIpc) is 3.68. The molecule has 2 atom stereocenters. The number of nitrogens with zero attached hydrogens (tertiary/aromatic N) is 2. The fourth-order valence-corrected chi connectivity index (χ4v) is 5.76. The molecule has 52 heavy (non-hydrogen) atoms. The van der Waals surface area contributed by atoms with Gasteiger partial charge >= 0.3 is 23.9 Å². The van der Waals surface area contributed by atoms with Crippen molar-refractivity contribution in [1.82, 2.24) is 15.1 Å². The van der Waals surface area contributed by atoms with E-state index in [4.69, 9.17) is 18.9 Å². The summed E-state index contributed by atoms with van der Waals surface area (Å²) in [6.45, 7) is 1.02. The maximum atomic E-state index is 13.2. The van der Waals surface area contributed by atoms with Crippen molar-refractivity contribution in [3.05, 3.63) is 144 Å². The molecule has 1 aliphatic heterocycles. The molecular formula is C41H45N3O8. The van der Waals surface area contributed by atoms with Gasteiger partial charge < -0.3 is 24.3 Å². The monoisotopic (exact) mass is 707 g/mol. The lowest BCUT2D eigenvalue weighted by atomic mass is 10.1. The normalized spacial score (nSPS) is 15.3. The highest BCUT2D eigenvalue weighted by molar-refractivity contribution is 5.77.